The fourth-order valence-corrected chi connectivity index (χ4v) is 2.46. The molecule has 1 heterocycles. The monoisotopic (exact) mass is 500 g/mol. The first-order valence-electron chi connectivity index (χ1n) is 7.33. The van der Waals surface area contributed by atoms with Crippen LogP contribution in [0, 0.1) is 5.82 Å². The van der Waals surface area contributed by atoms with E-state index in [1.165, 1.54) is 12.1 Å². The van der Waals surface area contributed by atoms with Crippen LogP contribution in [0.4, 0.5) is 4.39 Å². The van der Waals surface area contributed by atoms with Crippen LogP contribution in [0.25, 0.3) is 0 Å². The normalized spacial score (nSPS) is 11.0. The second kappa shape index (κ2) is 10.7. The Labute approximate surface area is 173 Å². The van der Waals surface area contributed by atoms with Crippen LogP contribution in [0.2, 0.25) is 10.2 Å². The van der Waals surface area contributed by atoms with Gasteiger partial charge in [0.05, 0.1) is 18.1 Å². The van der Waals surface area contributed by atoms with Crippen LogP contribution in [-0.4, -0.2) is 30.7 Å². The van der Waals surface area contributed by atoms with E-state index >= 15 is 0 Å². The predicted octanol–water partition coefficient (Wildman–Crippen LogP) is 3.83. The minimum atomic E-state index is -0.321. The molecule has 0 saturated carbocycles. The van der Waals surface area contributed by atoms with E-state index < -0.39 is 0 Å². The lowest BCUT2D eigenvalue weighted by Gasteiger charge is -2.13. The summed E-state index contributed by atoms with van der Waals surface area (Å²) in [5.74, 6) is 0.789. The van der Waals surface area contributed by atoms with Gasteiger partial charge in [0, 0.05) is 25.9 Å². The third-order valence-corrected chi connectivity index (χ3v) is 4.18. The van der Waals surface area contributed by atoms with E-state index in [1.54, 1.807) is 29.8 Å². The molecular formula is C16H20Cl2FIN4O. The van der Waals surface area contributed by atoms with Crippen molar-refractivity contribution in [1.82, 2.24) is 15.2 Å². The molecule has 5 nitrogen and oxygen atoms in total. The lowest BCUT2D eigenvalue weighted by atomic mass is 10.3. The standard InChI is InChI=1S/C16H19Cl2FN4O.HI/c1-20-16(22-10-12-9-14(17)15(18)23(12)2)21-6-7-24-13-5-3-4-11(19)8-13;/h3-5,8-9H,6-7,10H2,1-2H3,(H2,20,21,22);1H. The lowest BCUT2D eigenvalue weighted by Crippen LogP contribution is -2.39. The highest BCUT2D eigenvalue weighted by Gasteiger charge is 2.09. The topological polar surface area (TPSA) is 50.6 Å². The second-order valence-electron chi connectivity index (χ2n) is 4.99. The van der Waals surface area contributed by atoms with Gasteiger partial charge in [0.2, 0.25) is 0 Å². The van der Waals surface area contributed by atoms with Crippen LogP contribution >= 0.6 is 47.2 Å². The zero-order valence-corrected chi connectivity index (χ0v) is 17.7. The summed E-state index contributed by atoms with van der Waals surface area (Å²) in [6.45, 7) is 1.42. The fraction of sp³-hybridized carbons (Fsp3) is 0.312. The molecule has 0 unspecified atom stereocenters. The maximum absolute atomic E-state index is 13.0. The zero-order chi connectivity index (χ0) is 17.5. The van der Waals surface area contributed by atoms with E-state index in [4.69, 9.17) is 27.9 Å². The average Bonchev–Trinajstić information content (AvgIpc) is 2.81. The van der Waals surface area contributed by atoms with Crippen LogP contribution < -0.4 is 15.4 Å². The fourth-order valence-electron chi connectivity index (χ4n) is 2.05. The number of halogens is 4. The van der Waals surface area contributed by atoms with Gasteiger partial charge in [-0.2, -0.15) is 0 Å². The van der Waals surface area contributed by atoms with E-state index in [-0.39, 0.29) is 29.8 Å². The molecule has 0 saturated heterocycles. The Morgan fingerprint density at radius 2 is 2.04 bits per heavy atom. The van der Waals surface area contributed by atoms with Crippen molar-refractivity contribution in [1.29, 1.82) is 0 Å². The van der Waals surface area contributed by atoms with Crippen molar-refractivity contribution >= 4 is 53.1 Å². The molecule has 1 aromatic carbocycles. The number of aromatic nitrogens is 1. The molecule has 0 fully saturated rings. The Hall–Kier alpha value is -1.19. The van der Waals surface area contributed by atoms with Crippen LogP contribution in [0.15, 0.2) is 35.3 Å². The minimum Gasteiger partial charge on any atom is -0.492 e. The molecule has 2 aromatic rings. The molecule has 0 aliphatic rings. The molecule has 0 radical (unpaired) electrons. The van der Waals surface area contributed by atoms with Gasteiger partial charge in [0.15, 0.2) is 5.96 Å². The molecule has 0 atom stereocenters. The summed E-state index contributed by atoms with van der Waals surface area (Å²) in [5.41, 5.74) is 0.934. The Morgan fingerprint density at radius 1 is 1.28 bits per heavy atom. The van der Waals surface area contributed by atoms with Crippen molar-refractivity contribution in [3.63, 3.8) is 0 Å². The van der Waals surface area contributed by atoms with Gasteiger partial charge in [0.1, 0.15) is 23.3 Å². The third-order valence-electron chi connectivity index (χ3n) is 3.34. The van der Waals surface area contributed by atoms with Crippen molar-refractivity contribution in [2.45, 2.75) is 6.54 Å². The Balaban J connectivity index is 0.00000312. The molecule has 25 heavy (non-hydrogen) atoms. The van der Waals surface area contributed by atoms with Crippen LogP contribution in [0.5, 0.6) is 5.75 Å². The maximum Gasteiger partial charge on any atom is 0.191 e. The van der Waals surface area contributed by atoms with Gasteiger partial charge in [0.25, 0.3) is 0 Å². The first kappa shape index (κ1) is 21.9. The van der Waals surface area contributed by atoms with E-state index in [0.717, 1.165) is 5.69 Å². The average molecular weight is 501 g/mol. The van der Waals surface area contributed by atoms with Gasteiger partial charge in [-0.25, -0.2) is 4.39 Å². The number of guanidine groups is 1. The number of rotatable bonds is 6. The van der Waals surface area contributed by atoms with Gasteiger partial charge in [-0.1, -0.05) is 29.3 Å². The highest BCUT2D eigenvalue weighted by atomic mass is 127. The Kier molecular flexibility index (Phi) is 9.37. The number of nitrogens with zero attached hydrogens (tertiary/aromatic N) is 2. The summed E-state index contributed by atoms with van der Waals surface area (Å²) in [6, 6.07) is 7.83. The second-order valence-corrected chi connectivity index (χ2v) is 5.76. The summed E-state index contributed by atoms with van der Waals surface area (Å²) in [6.07, 6.45) is 0. The van der Waals surface area contributed by atoms with E-state index in [2.05, 4.69) is 15.6 Å². The lowest BCUT2D eigenvalue weighted by molar-refractivity contribution is 0.320. The van der Waals surface area contributed by atoms with E-state index in [0.29, 0.717) is 41.6 Å². The van der Waals surface area contributed by atoms with Crippen molar-refractivity contribution in [3.05, 3.63) is 52.0 Å². The first-order chi connectivity index (χ1) is 11.5. The number of hydrogen-bond donors (Lipinski definition) is 2. The van der Waals surface area contributed by atoms with Crippen LogP contribution in [0.1, 0.15) is 5.69 Å². The Morgan fingerprint density at radius 3 is 2.64 bits per heavy atom. The summed E-state index contributed by atoms with van der Waals surface area (Å²) in [4.78, 5) is 4.12. The summed E-state index contributed by atoms with van der Waals surface area (Å²) < 4.78 is 20.3. The van der Waals surface area contributed by atoms with Crippen LogP contribution in [-0.2, 0) is 13.6 Å². The molecule has 9 heteroatoms. The molecule has 0 aliphatic heterocycles. The molecule has 0 bridgehead atoms. The first-order valence-corrected chi connectivity index (χ1v) is 8.09. The molecular weight excluding hydrogens is 481 g/mol. The number of aliphatic imine (C=N–C) groups is 1. The summed E-state index contributed by atoms with van der Waals surface area (Å²) in [7, 11) is 3.52. The Bertz CT molecular complexity index is 724. The highest BCUT2D eigenvalue weighted by molar-refractivity contribution is 14.0. The SMILES string of the molecule is CN=C(NCCOc1cccc(F)c1)NCc1cc(Cl)c(Cl)n1C.I. The van der Waals surface area contributed by atoms with Crippen molar-refractivity contribution in [2.24, 2.45) is 12.0 Å². The van der Waals surface area contributed by atoms with Gasteiger partial charge in [-0.15, -0.1) is 24.0 Å². The van der Waals surface area contributed by atoms with Gasteiger partial charge in [-0.05, 0) is 18.2 Å². The molecule has 2 N–H and O–H groups in total. The molecule has 0 aliphatic carbocycles. The minimum absolute atomic E-state index is 0. The van der Waals surface area contributed by atoms with E-state index in [1.807, 2.05) is 7.05 Å². The smallest absolute Gasteiger partial charge is 0.191 e. The maximum atomic E-state index is 13.0. The van der Waals surface area contributed by atoms with Crippen molar-refractivity contribution in [2.75, 3.05) is 20.2 Å². The number of hydrogen-bond acceptors (Lipinski definition) is 2. The van der Waals surface area contributed by atoms with Gasteiger partial charge < -0.3 is 19.9 Å². The molecule has 138 valence electrons. The van der Waals surface area contributed by atoms with Crippen LogP contribution in [0.3, 0.4) is 0 Å². The highest BCUT2D eigenvalue weighted by Crippen LogP contribution is 2.24. The zero-order valence-electron chi connectivity index (χ0n) is 13.9. The number of benzene rings is 1. The summed E-state index contributed by atoms with van der Waals surface area (Å²) in [5, 5.41) is 7.29. The number of nitrogens with one attached hydrogen (secondary N) is 2. The van der Waals surface area contributed by atoms with Crippen molar-refractivity contribution in [3.8, 4) is 5.75 Å². The molecule has 0 amide bonds. The molecule has 2 rings (SSSR count). The number of ether oxygens (including phenoxy) is 1. The largest absolute Gasteiger partial charge is 0.492 e. The third kappa shape index (κ3) is 6.56. The molecule has 1 aromatic heterocycles. The van der Waals surface area contributed by atoms with Gasteiger partial charge in [-0.3, -0.25) is 4.99 Å². The van der Waals surface area contributed by atoms with E-state index in [9.17, 15) is 4.39 Å². The summed E-state index contributed by atoms with van der Waals surface area (Å²) >= 11 is 12.0. The quantitative estimate of drug-likeness (QED) is 0.274. The molecule has 0 spiro atoms. The predicted molar refractivity (Wildman–Crippen MR) is 111 cm³/mol. The van der Waals surface area contributed by atoms with Crippen molar-refractivity contribution < 1.29 is 9.13 Å². The van der Waals surface area contributed by atoms with Gasteiger partial charge >= 0.3 is 0 Å².